The predicted molar refractivity (Wildman–Crippen MR) is 68.3 cm³/mol. The van der Waals surface area contributed by atoms with E-state index in [9.17, 15) is 0 Å². The maximum absolute atomic E-state index is 9.14. The molecule has 4 heteroatoms. The monoisotopic (exact) mass is 235 g/mol. The van der Waals surface area contributed by atoms with Gasteiger partial charge >= 0.3 is 0 Å². The van der Waals surface area contributed by atoms with Crippen molar-refractivity contribution in [3.8, 4) is 0 Å². The summed E-state index contributed by atoms with van der Waals surface area (Å²) in [4.78, 5) is 11.0. The van der Waals surface area contributed by atoms with E-state index in [-0.39, 0.29) is 6.61 Å². The summed E-state index contributed by atoms with van der Waals surface area (Å²) in [5, 5.41) is 9.14. The molecule has 17 heavy (non-hydrogen) atoms. The Labute approximate surface area is 103 Å². The Balaban J connectivity index is 2.28. The van der Waals surface area contributed by atoms with Crippen LogP contribution in [0.3, 0.4) is 0 Å². The highest BCUT2D eigenvalue weighted by Gasteiger charge is 2.18. The number of nitrogens with zero attached hydrogens (tertiary/aromatic N) is 3. The van der Waals surface area contributed by atoms with Gasteiger partial charge in [0.05, 0.1) is 6.61 Å². The molecule has 1 heterocycles. The fourth-order valence-electron chi connectivity index (χ4n) is 2.49. The Morgan fingerprint density at radius 2 is 2.06 bits per heavy atom. The second kappa shape index (κ2) is 5.96. The van der Waals surface area contributed by atoms with Gasteiger partial charge in [0, 0.05) is 24.3 Å². The Morgan fingerprint density at radius 3 is 2.82 bits per heavy atom. The van der Waals surface area contributed by atoms with E-state index in [0.29, 0.717) is 6.54 Å². The molecule has 2 rings (SSSR count). The zero-order valence-electron chi connectivity index (χ0n) is 10.5. The lowest BCUT2D eigenvalue weighted by Crippen LogP contribution is -2.30. The van der Waals surface area contributed by atoms with E-state index in [1.165, 1.54) is 24.1 Å². The molecule has 0 fully saturated rings. The van der Waals surface area contributed by atoms with Crippen LogP contribution in [-0.2, 0) is 12.8 Å². The van der Waals surface area contributed by atoms with Crippen molar-refractivity contribution >= 4 is 5.82 Å². The smallest absolute Gasteiger partial charge is 0.135 e. The number of aliphatic hydroxyl groups is 1. The number of aromatic nitrogens is 2. The van der Waals surface area contributed by atoms with E-state index in [0.717, 1.165) is 31.6 Å². The maximum Gasteiger partial charge on any atom is 0.135 e. The van der Waals surface area contributed by atoms with Crippen molar-refractivity contribution in [2.45, 2.75) is 39.0 Å². The Morgan fingerprint density at radius 1 is 1.24 bits per heavy atom. The van der Waals surface area contributed by atoms with E-state index < -0.39 is 0 Å². The zero-order valence-corrected chi connectivity index (χ0v) is 10.5. The molecule has 0 aliphatic heterocycles. The molecule has 0 saturated carbocycles. The second-order valence-corrected chi connectivity index (χ2v) is 4.54. The summed E-state index contributed by atoms with van der Waals surface area (Å²) in [5.41, 5.74) is 2.51. The van der Waals surface area contributed by atoms with Gasteiger partial charge in [0.15, 0.2) is 0 Å². The van der Waals surface area contributed by atoms with Crippen molar-refractivity contribution in [1.29, 1.82) is 0 Å². The zero-order chi connectivity index (χ0) is 12.1. The van der Waals surface area contributed by atoms with E-state index >= 15 is 0 Å². The van der Waals surface area contributed by atoms with Crippen molar-refractivity contribution in [2.24, 2.45) is 0 Å². The van der Waals surface area contributed by atoms with Crippen molar-refractivity contribution in [3.63, 3.8) is 0 Å². The second-order valence-electron chi connectivity index (χ2n) is 4.54. The summed E-state index contributed by atoms with van der Waals surface area (Å²) in [6, 6.07) is 0. The van der Waals surface area contributed by atoms with E-state index in [4.69, 9.17) is 5.11 Å². The highest BCUT2D eigenvalue weighted by atomic mass is 16.3. The van der Waals surface area contributed by atoms with Gasteiger partial charge in [-0.25, -0.2) is 9.97 Å². The van der Waals surface area contributed by atoms with Gasteiger partial charge in [-0.1, -0.05) is 6.92 Å². The molecule has 0 unspecified atom stereocenters. The van der Waals surface area contributed by atoms with Gasteiger partial charge in [-0.3, -0.25) is 0 Å². The molecule has 0 aromatic carbocycles. The van der Waals surface area contributed by atoms with Crippen LogP contribution in [0.15, 0.2) is 6.33 Å². The Hall–Kier alpha value is -1.16. The van der Waals surface area contributed by atoms with Crippen LogP contribution in [-0.4, -0.2) is 34.8 Å². The van der Waals surface area contributed by atoms with Gasteiger partial charge in [0.25, 0.3) is 0 Å². The third-order valence-corrected chi connectivity index (χ3v) is 3.27. The minimum absolute atomic E-state index is 0.179. The van der Waals surface area contributed by atoms with Crippen LogP contribution < -0.4 is 4.90 Å². The predicted octanol–water partition coefficient (Wildman–Crippen LogP) is 1.56. The van der Waals surface area contributed by atoms with Crippen molar-refractivity contribution in [3.05, 3.63) is 17.6 Å². The van der Waals surface area contributed by atoms with Crippen LogP contribution in [0.5, 0.6) is 0 Å². The normalized spacial score (nSPS) is 14.5. The molecular formula is C13H21N3O. The molecule has 1 aromatic rings. The molecule has 4 nitrogen and oxygen atoms in total. The Bertz CT molecular complexity index is 362. The number of hydrogen-bond acceptors (Lipinski definition) is 4. The lowest BCUT2D eigenvalue weighted by atomic mass is 9.96. The minimum atomic E-state index is 0.179. The summed E-state index contributed by atoms with van der Waals surface area (Å²) in [7, 11) is 0. The first kappa shape index (κ1) is 12.3. The molecule has 0 saturated heterocycles. The third-order valence-electron chi connectivity index (χ3n) is 3.27. The van der Waals surface area contributed by atoms with Gasteiger partial charge < -0.3 is 10.0 Å². The number of aliphatic hydroxyl groups excluding tert-OH is 1. The van der Waals surface area contributed by atoms with Crippen molar-refractivity contribution < 1.29 is 5.11 Å². The first-order chi connectivity index (χ1) is 8.36. The van der Waals surface area contributed by atoms with E-state index in [1.807, 2.05) is 0 Å². The number of aryl methyl sites for hydroxylation is 1. The molecule has 0 amide bonds. The minimum Gasteiger partial charge on any atom is -0.395 e. The van der Waals surface area contributed by atoms with Gasteiger partial charge in [0.1, 0.15) is 12.1 Å². The number of rotatable bonds is 5. The summed E-state index contributed by atoms with van der Waals surface area (Å²) >= 11 is 0. The highest BCUT2D eigenvalue weighted by molar-refractivity contribution is 5.49. The topological polar surface area (TPSA) is 49.2 Å². The summed E-state index contributed by atoms with van der Waals surface area (Å²) in [5.74, 6) is 1.05. The maximum atomic E-state index is 9.14. The average molecular weight is 235 g/mol. The van der Waals surface area contributed by atoms with Gasteiger partial charge in [0.2, 0.25) is 0 Å². The molecule has 1 aliphatic rings. The SMILES string of the molecule is CCCN(CCO)c1ncnc2c1CCCC2. The fourth-order valence-corrected chi connectivity index (χ4v) is 2.49. The third kappa shape index (κ3) is 2.75. The first-order valence-electron chi connectivity index (χ1n) is 6.55. The van der Waals surface area contributed by atoms with Crippen molar-refractivity contribution in [1.82, 2.24) is 9.97 Å². The number of anilines is 1. The number of hydrogen-bond donors (Lipinski definition) is 1. The van der Waals surface area contributed by atoms with Crippen molar-refractivity contribution in [2.75, 3.05) is 24.6 Å². The lowest BCUT2D eigenvalue weighted by molar-refractivity contribution is 0.301. The molecule has 1 aliphatic carbocycles. The standard InChI is InChI=1S/C13H21N3O/c1-2-7-16(8-9-17)13-11-5-3-4-6-12(11)14-10-15-13/h10,17H,2-9H2,1H3. The largest absolute Gasteiger partial charge is 0.395 e. The Kier molecular flexibility index (Phi) is 4.31. The molecule has 0 atom stereocenters. The van der Waals surface area contributed by atoms with Crippen LogP contribution in [0.4, 0.5) is 5.82 Å². The average Bonchev–Trinajstić information content (AvgIpc) is 2.38. The van der Waals surface area contributed by atoms with Crippen LogP contribution in [0.1, 0.15) is 37.4 Å². The van der Waals surface area contributed by atoms with Crippen LogP contribution in [0.25, 0.3) is 0 Å². The fraction of sp³-hybridized carbons (Fsp3) is 0.692. The van der Waals surface area contributed by atoms with Crippen LogP contribution >= 0.6 is 0 Å². The van der Waals surface area contributed by atoms with Crippen LogP contribution in [0.2, 0.25) is 0 Å². The van der Waals surface area contributed by atoms with Gasteiger partial charge in [-0.2, -0.15) is 0 Å². The van der Waals surface area contributed by atoms with Gasteiger partial charge in [-0.05, 0) is 32.1 Å². The quantitative estimate of drug-likeness (QED) is 0.841. The molecule has 0 spiro atoms. The van der Waals surface area contributed by atoms with Crippen LogP contribution in [0, 0.1) is 0 Å². The molecule has 1 aromatic heterocycles. The number of fused-ring (bicyclic) bond motifs is 1. The summed E-state index contributed by atoms with van der Waals surface area (Å²) in [6.07, 6.45) is 7.35. The molecule has 0 radical (unpaired) electrons. The summed E-state index contributed by atoms with van der Waals surface area (Å²) < 4.78 is 0. The van der Waals surface area contributed by atoms with Gasteiger partial charge in [-0.15, -0.1) is 0 Å². The molecule has 1 N–H and O–H groups in total. The molecule has 0 bridgehead atoms. The lowest BCUT2D eigenvalue weighted by Gasteiger charge is -2.27. The summed E-state index contributed by atoms with van der Waals surface area (Å²) in [6.45, 7) is 3.94. The first-order valence-corrected chi connectivity index (χ1v) is 6.55. The van der Waals surface area contributed by atoms with E-state index in [2.05, 4.69) is 21.8 Å². The van der Waals surface area contributed by atoms with E-state index in [1.54, 1.807) is 6.33 Å². The molecule has 94 valence electrons. The highest BCUT2D eigenvalue weighted by Crippen LogP contribution is 2.26. The molecular weight excluding hydrogens is 214 g/mol.